The van der Waals surface area contributed by atoms with E-state index in [9.17, 15) is 4.79 Å². The van der Waals surface area contributed by atoms with Crippen molar-refractivity contribution in [3.8, 4) is 29.2 Å². The van der Waals surface area contributed by atoms with Gasteiger partial charge in [-0.15, -0.1) is 5.10 Å². The van der Waals surface area contributed by atoms with Gasteiger partial charge in [0, 0.05) is 28.9 Å². The first-order valence-electron chi connectivity index (χ1n) is 8.50. The molecule has 8 heteroatoms. The Morgan fingerprint density at radius 1 is 1.10 bits per heavy atom. The van der Waals surface area contributed by atoms with Crippen molar-refractivity contribution < 1.29 is 4.42 Å². The largest absolute Gasteiger partial charge is 0.421 e. The van der Waals surface area contributed by atoms with Gasteiger partial charge in [-0.1, -0.05) is 30.3 Å². The van der Waals surface area contributed by atoms with Crippen LogP contribution in [0.4, 0.5) is 5.69 Å². The molecule has 0 aliphatic rings. The summed E-state index contributed by atoms with van der Waals surface area (Å²) >= 11 is 0. The van der Waals surface area contributed by atoms with Gasteiger partial charge in [-0.2, -0.15) is 10.5 Å². The lowest BCUT2D eigenvalue weighted by atomic mass is 10.2. The van der Waals surface area contributed by atoms with Crippen molar-refractivity contribution in [1.82, 2.24) is 14.8 Å². The molecule has 0 amide bonds. The first-order chi connectivity index (χ1) is 14.2. The highest BCUT2D eigenvalue weighted by molar-refractivity contribution is 5.82. The molecule has 138 valence electrons. The zero-order valence-electron chi connectivity index (χ0n) is 14.9. The SMILES string of the molecule is N#CC(C#N)=CNc1ccc2cc(-n3cnc(-c4ccccc4)n3)c(=O)oc2c1. The minimum atomic E-state index is -0.565. The van der Waals surface area contributed by atoms with E-state index in [-0.39, 0.29) is 11.3 Å². The molecule has 0 saturated carbocycles. The molecule has 0 saturated heterocycles. The number of nitriles is 2. The normalized spacial score (nSPS) is 10.1. The van der Waals surface area contributed by atoms with Crippen LogP contribution in [0.3, 0.4) is 0 Å². The van der Waals surface area contributed by atoms with Crippen LogP contribution in [0.25, 0.3) is 28.0 Å². The summed E-state index contributed by atoms with van der Waals surface area (Å²) in [6.45, 7) is 0. The van der Waals surface area contributed by atoms with Gasteiger partial charge in [0.25, 0.3) is 0 Å². The van der Waals surface area contributed by atoms with E-state index in [2.05, 4.69) is 15.4 Å². The lowest BCUT2D eigenvalue weighted by Crippen LogP contribution is -2.10. The molecule has 0 fully saturated rings. The van der Waals surface area contributed by atoms with Crippen molar-refractivity contribution in [2.24, 2.45) is 0 Å². The number of anilines is 1. The molecular weight excluding hydrogens is 368 g/mol. The number of nitrogens with zero attached hydrogens (tertiary/aromatic N) is 5. The van der Waals surface area contributed by atoms with Crippen LogP contribution in [0.1, 0.15) is 0 Å². The van der Waals surface area contributed by atoms with Gasteiger partial charge in [-0.25, -0.2) is 14.5 Å². The second-order valence-electron chi connectivity index (χ2n) is 5.98. The minimum Gasteiger partial charge on any atom is -0.421 e. The lowest BCUT2D eigenvalue weighted by Gasteiger charge is -2.04. The van der Waals surface area contributed by atoms with E-state index in [0.29, 0.717) is 22.5 Å². The number of hydrogen-bond acceptors (Lipinski definition) is 7. The van der Waals surface area contributed by atoms with Crippen LogP contribution in [-0.2, 0) is 0 Å². The minimum absolute atomic E-state index is 0.0673. The van der Waals surface area contributed by atoms with E-state index in [0.717, 1.165) is 5.56 Å². The van der Waals surface area contributed by atoms with Crippen molar-refractivity contribution in [2.75, 3.05) is 5.32 Å². The first kappa shape index (κ1) is 17.7. The molecule has 29 heavy (non-hydrogen) atoms. The molecule has 2 aromatic heterocycles. The van der Waals surface area contributed by atoms with Gasteiger partial charge >= 0.3 is 5.63 Å². The van der Waals surface area contributed by atoms with E-state index in [1.54, 1.807) is 36.4 Å². The molecular formula is C21H12N6O2. The molecule has 0 atom stereocenters. The van der Waals surface area contributed by atoms with Gasteiger partial charge in [0.05, 0.1) is 0 Å². The first-order valence-corrected chi connectivity index (χ1v) is 8.50. The van der Waals surface area contributed by atoms with E-state index >= 15 is 0 Å². The van der Waals surface area contributed by atoms with E-state index < -0.39 is 5.63 Å². The number of rotatable bonds is 4. The third-order valence-corrected chi connectivity index (χ3v) is 4.11. The number of allylic oxidation sites excluding steroid dienone is 1. The summed E-state index contributed by atoms with van der Waals surface area (Å²) in [5, 5.41) is 25.4. The third kappa shape index (κ3) is 3.59. The average molecular weight is 380 g/mol. The molecule has 4 rings (SSSR count). The van der Waals surface area contributed by atoms with Crippen LogP contribution in [0.5, 0.6) is 0 Å². The molecule has 4 aromatic rings. The van der Waals surface area contributed by atoms with Crippen LogP contribution in [-0.4, -0.2) is 14.8 Å². The summed E-state index contributed by atoms with van der Waals surface area (Å²) < 4.78 is 6.81. The Bertz CT molecular complexity index is 1350. The maximum absolute atomic E-state index is 12.5. The second-order valence-corrected chi connectivity index (χ2v) is 5.98. The van der Waals surface area contributed by atoms with Gasteiger partial charge in [0.15, 0.2) is 11.5 Å². The molecule has 1 N–H and O–H groups in total. The molecule has 0 spiro atoms. The number of nitrogens with one attached hydrogen (secondary N) is 1. The highest BCUT2D eigenvalue weighted by Crippen LogP contribution is 2.21. The number of benzene rings is 2. The Kier molecular flexibility index (Phi) is 4.59. The Balaban J connectivity index is 1.68. The summed E-state index contributed by atoms with van der Waals surface area (Å²) in [7, 11) is 0. The van der Waals surface area contributed by atoms with Crippen molar-refractivity contribution in [3.05, 3.63) is 83.1 Å². The number of fused-ring (bicyclic) bond motifs is 1. The smallest absolute Gasteiger partial charge is 0.362 e. The standard InChI is InChI=1S/C21H12N6O2/c22-10-14(11-23)12-24-17-7-6-16-8-18(21(28)29-19(16)9-17)27-13-25-20(26-27)15-4-2-1-3-5-15/h1-9,12-13,24H. The fourth-order valence-corrected chi connectivity index (χ4v) is 2.69. The van der Waals surface area contributed by atoms with Gasteiger partial charge < -0.3 is 9.73 Å². The Hall–Kier alpha value is -4.69. The number of aromatic nitrogens is 3. The fourth-order valence-electron chi connectivity index (χ4n) is 2.69. The fraction of sp³-hybridized carbons (Fsp3) is 0. The monoisotopic (exact) mass is 380 g/mol. The third-order valence-electron chi connectivity index (χ3n) is 4.11. The molecule has 8 nitrogen and oxygen atoms in total. The zero-order valence-corrected chi connectivity index (χ0v) is 14.9. The molecule has 0 radical (unpaired) electrons. The Morgan fingerprint density at radius 2 is 1.90 bits per heavy atom. The van der Waals surface area contributed by atoms with Crippen LogP contribution >= 0.6 is 0 Å². The van der Waals surface area contributed by atoms with Crippen molar-refractivity contribution in [2.45, 2.75) is 0 Å². The van der Waals surface area contributed by atoms with E-state index in [1.165, 1.54) is 17.2 Å². The molecule has 2 heterocycles. The molecule has 0 aliphatic carbocycles. The summed E-state index contributed by atoms with van der Waals surface area (Å²) in [6.07, 6.45) is 2.75. The number of hydrogen-bond donors (Lipinski definition) is 1. The Labute approximate surface area is 164 Å². The van der Waals surface area contributed by atoms with Crippen molar-refractivity contribution >= 4 is 16.7 Å². The van der Waals surface area contributed by atoms with Crippen LogP contribution < -0.4 is 10.9 Å². The van der Waals surface area contributed by atoms with Crippen LogP contribution in [0.2, 0.25) is 0 Å². The van der Waals surface area contributed by atoms with E-state index in [4.69, 9.17) is 14.9 Å². The summed E-state index contributed by atoms with van der Waals surface area (Å²) in [6, 6.07) is 19.7. The van der Waals surface area contributed by atoms with Gasteiger partial charge in [-0.05, 0) is 18.2 Å². The highest BCUT2D eigenvalue weighted by Gasteiger charge is 2.11. The van der Waals surface area contributed by atoms with Gasteiger partial charge in [0.1, 0.15) is 29.6 Å². The predicted octanol–water partition coefficient (Wildman–Crippen LogP) is 3.38. The molecule has 0 bridgehead atoms. The molecule has 0 unspecified atom stereocenters. The maximum atomic E-state index is 12.5. The van der Waals surface area contributed by atoms with Gasteiger partial charge in [-0.3, -0.25) is 0 Å². The highest BCUT2D eigenvalue weighted by atomic mass is 16.4. The lowest BCUT2D eigenvalue weighted by molar-refractivity contribution is 0.552. The quantitative estimate of drug-likeness (QED) is 0.425. The summed E-state index contributed by atoms with van der Waals surface area (Å²) in [5.41, 5.74) is 1.38. The summed E-state index contributed by atoms with van der Waals surface area (Å²) in [4.78, 5) is 16.7. The Morgan fingerprint density at radius 3 is 2.66 bits per heavy atom. The molecule has 0 aliphatic heterocycles. The van der Waals surface area contributed by atoms with Crippen molar-refractivity contribution in [3.63, 3.8) is 0 Å². The average Bonchev–Trinajstić information content (AvgIpc) is 3.24. The van der Waals surface area contributed by atoms with Crippen LogP contribution in [0, 0.1) is 22.7 Å². The zero-order chi connectivity index (χ0) is 20.2. The van der Waals surface area contributed by atoms with Crippen molar-refractivity contribution in [1.29, 1.82) is 10.5 Å². The molecule has 2 aromatic carbocycles. The topological polar surface area (TPSA) is 121 Å². The second kappa shape index (κ2) is 7.51. The summed E-state index contributed by atoms with van der Waals surface area (Å²) in [5.74, 6) is 0.502. The van der Waals surface area contributed by atoms with Crippen LogP contribution in [0.15, 0.2) is 81.9 Å². The van der Waals surface area contributed by atoms with Gasteiger partial charge in [0.2, 0.25) is 0 Å². The maximum Gasteiger partial charge on any atom is 0.362 e. The predicted molar refractivity (Wildman–Crippen MR) is 106 cm³/mol. The van der Waals surface area contributed by atoms with E-state index in [1.807, 2.05) is 30.3 Å².